The quantitative estimate of drug-likeness (QED) is 0.576. The minimum absolute atomic E-state index is 0.222. The van der Waals surface area contributed by atoms with Crippen LogP contribution in [0, 0.1) is 0 Å². The SMILES string of the molecule is COc1ccc(C(N)CC(=O)O)cc1C(N)CC(=O)O. The number of methoxy groups -OCH3 is 1. The molecule has 1 aromatic rings. The van der Waals surface area contributed by atoms with Crippen LogP contribution in [-0.2, 0) is 9.59 Å². The third-order valence-corrected chi connectivity index (χ3v) is 2.87. The summed E-state index contributed by atoms with van der Waals surface area (Å²) in [5.41, 5.74) is 12.7. The molecule has 0 spiro atoms. The van der Waals surface area contributed by atoms with Gasteiger partial charge in [0.05, 0.1) is 20.0 Å². The molecule has 6 N–H and O–H groups in total. The molecule has 7 heteroatoms. The highest BCUT2D eigenvalue weighted by atomic mass is 16.5. The molecule has 0 aliphatic carbocycles. The predicted octanol–water partition coefficient (Wildman–Crippen LogP) is 0.644. The molecular formula is C13H18N2O5. The Morgan fingerprint density at radius 2 is 1.70 bits per heavy atom. The highest BCUT2D eigenvalue weighted by Crippen LogP contribution is 2.29. The van der Waals surface area contributed by atoms with E-state index in [1.165, 1.54) is 7.11 Å². The summed E-state index contributed by atoms with van der Waals surface area (Å²) in [5.74, 6) is -1.59. The number of carboxylic acids is 2. The van der Waals surface area contributed by atoms with Gasteiger partial charge in [0.25, 0.3) is 0 Å². The van der Waals surface area contributed by atoms with E-state index in [0.717, 1.165) is 0 Å². The van der Waals surface area contributed by atoms with Crippen molar-refractivity contribution in [3.05, 3.63) is 29.3 Å². The molecule has 0 saturated heterocycles. The summed E-state index contributed by atoms with van der Waals surface area (Å²) in [6.45, 7) is 0. The summed E-state index contributed by atoms with van der Waals surface area (Å²) in [7, 11) is 1.45. The first kappa shape index (κ1) is 15.9. The first-order valence-corrected chi connectivity index (χ1v) is 5.97. The van der Waals surface area contributed by atoms with Crippen molar-refractivity contribution < 1.29 is 24.5 Å². The highest BCUT2D eigenvalue weighted by molar-refractivity contribution is 5.69. The monoisotopic (exact) mass is 282 g/mol. The van der Waals surface area contributed by atoms with E-state index in [0.29, 0.717) is 16.9 Å². The fourth-order valence-corrected chi connectivity index (χ4v) is 1.88. The molecule has 0 radical (unpaired) electrons. The lowest BCUT2D eigenvalue weighted by atomic mass is 9.96. The molecule has 0 saturated carbocycles. The Kier molecular flexibility index (Phi) is 5.48. The first-order chi connectivity index (χ1) is 9.35. The van der Waals surface area contributed by atoms with Crippen molar-refractivity contribution in [3.63, 3.8) is 0 Å². The summed E-state index contributed by atoms with van der Waals surface area (Å²) in [5, 5.41) is 17.5. The van der Waals surface area contributed by atoms with Gasteiger partial charge in [-0.15, -0.1) is 0 Å². The normalized spacial score (nSPS) is 13.6. The van der Waals surface area contributed by atoms with Gasteiger partial charge in [0.2, 0.25) is 0 Å². The molecule has 20 heavy (non-hydrogen) atoms. The Morgan fingerprint density at radius 1 is 1.15 bits per heavy atom. The average Bonchev–Trinajstić information content (AvgIpc) is 2.36. The molecule has 110 valence electrons. The molecule has 1 aromatic carbocycles. The van der Waals surface area contributed by atoms with E-state index in [-0.39, 0.29) is 12.8 Å². The van der Waals surface area contributed by atoms with E-state index >= 15 is 0 Å². The molecule has 0 aliphatic rings. The topological polar surface area (TPSA) is 136 Å². The number of rotatable bonds is 7. The molecule has 2 unspecified atom stereocenters. The number of nitrogens with two attached hydrogens (primary N) is 2. The average molecular weight is 282 g/mol. The second kappa shape index (κ2) is 6.88. The Morgan fingerprint density at radius 3 is 2.20 bits per heavy atom. The van der Waals surface area contributed by atoms with Crippen molar-refractivity contribution in [2.24, 2.45) is 11.5 Å². The van der Waals surface area contributed by atoms with Gasteiger partial charge in [-0.05, 0) is 17.7 Å². The Hall–Kier alpha value is -2.12. The molecule has 0 aliphatic heterocycles. The standard InChI is InChI=1S/C13H18N2O5/c1-20-11-3-2-7(9(14)5-12(16)17)4-8(11)10(15)6-13(18)19/h2-4,9-10H,5-6,14-15H2,1H3,(H,16,17)(H,18,19). The number of carbonyl (C=O) groups is 2. The Labute approximate surface area is 116 Å². The van der Waals surface area contributed by atoms with Gasteiger partial charge in [-0.25, -0.2) is 0 Å². The maximum atomic E-state index is 10.7. The van der Waals surface area contributed by atoms with Crippen LogP contribution in [0.25, 0.3) is 0 Å². The zero-order chi connectivity index (χ0) is 15.3. The zero-order valence-corrected chi connectivity index (χ0v) is 11.1. The first-order valence-electron chi connectivity index (χ1n) is 5.97. The van der Waals surface area contributed by atoms with Gasteiger partial charge in [0.15, 0.2) is 0 Å². The van der Waals surface area contributed by atoms with Gasteiger partial charge >= 0.3 is 11.9 Å². The van der Waals surface area contributed by atoms with E-state index in [4.69, 9.17) is 26.4 Å². The predicted molar refractivity (Wildman–Crippen MR) is 71.4 cm³/mol. The third kappa shape index (κ3) is 4.22. The summed E-state index contributed by atoms with van der Waals surface area (Å²) < 4.78 is 5.13. The number of hydrogen-bond acceptors (Lipinski definition) is 5. The van der Waals surface area contributed by atoms with Crippen LogP contribution in [0.3, 0.4) is 0 Å². The number of aliphatic carboxylic acids is 2. The number of ether oxygens (including phenoxy) is 1. The van der Waals surface area contributed by atoms with Crippen LogP contribution in [0.2, 0.25) is 0 Å². The van der Waals surface area contributed by atoms with Crippen LogP contribution in [0.15, 0.2) is 18.2 Å². The number of hydrogen-bond donors (Lipinski definition) is 4. The van der Waals surface area contributed by atoms with Crippen molar-refractivity contribution in [1.29, 1.82) is 0 Å². The fraction of sp³-hybridized carbons (Fsp3) is 0.385. The fourth-order valence-electron chi connectivity index (χ4n) is 1.88. The minimum Gasteiger partial charge on any atom is -0.496 e. The van der Waals surface area contributed by atoms with E-state index in [2.05, 4.69) is 0 Å². The van der Waals surface area contributed by atoms with E-state index < -0.39 is 24.0 Å². The summed E-state index contributed by atoms with van der Waals surface area (Å²) >= 11 is 0. The molecular weight excluding hydrogens is 264 g/mol. The molecule has 1 rings (SSSR count). The maximum Gasteiger partial charge on any atom is 0.305 e. The van der Waals surface area contributed by atoms with Gasteiger partial charge in [-0.1, -0.05) is 6.07 Å². The van der Waals surface area contributed by atoms with Gasteiger partial charge in [-0.3, -0.25) is 9.59 Å². The van der Waals surface area contributed by atoms with Crippen molar-refractivity contribution in [2.45, 2.75) is 24.9 Å². The number of benzene rings is 1. The third-order valence-electron chi connectivity index (χ3n) is 2.87. The molecule has 2 atom stereocenters. The lowest BCUT2D eigenvalue weighted by molar-refractivity contribution is -0.138. The Bertz CT molecular complexity index is 504. The smallest absolute Gasteiger partial charge is 0.305 e. The van der Waals surface area contributed by atoms with Crippen LogP contribution < -0.4 is 16.2 Å². The zero-order valence-electron chi connectivity index (χ0n) is 11.1. The summed E-state index contributed by atoms with van der Waals surface area (Å²) in [6.07, 6.45) is -0.478. The number of carboxylic acid groups (broad SMARTS) is 2. The van der Waals surface area contributed by atoms with Gasteiger partial charge in [0, 0.05) is 17.6 Å². The summed E-state index contributed by atoms with van der Waals surface area (Å²) in [6, 6.07) is 3.41. The van der Waals surface area contributed by atoms with Crippen molar-refractivity contribution in [3.8, 4) is 5.75 Å². The molecule has 0 amide bonds. The van der Waals surface area contributed by atoms with E-state index in [1.54, 1.807) is 18.2 Å². The van der Waals surface area contributed by atoms with E-state index in [1.807, 2.05) is 0 Å². The van der Waals surface area contributed by atoms with Gasteiger partial charge in [0.1, 0.15) is 5.75 Å². The molecule has 0 aromatic heterocycles. The summed E-state index contributed by atoms with van der Waals surface area (Å²) in [4.78, 5) is 21.4. The molecule has 7 nitrogen and oxygen atoms in total. The Balaban J connectivity index is 3.07. The second-order valence-electron chi connectivity index (χ2n) is 4.41. The van der Waals surface area contributed by atoms with Crippen LogP contribution in [0.1, 0.15) is 36.1 Å². The van der Waals surface area contributed by atoms with Crippen molar-refractivity contribution in [2.75, 3.05) is 7.11 Å². The van der Waals surface area contributed by atoms with Crippen molar-refractivity contribution in [1.82, 2.24) is 0 Å². The van der Waals surface area contributed by atoms with Crippen LogP contribution >= 0.6 is 0 Å². The van der Waals surface area contributed by atoms with E-state index in [9.17, 15) is 9.59 Å². The molecule has 0 fully saturated rings. The second-order valence-corrected chi connectivity index (χ2v) is 4.41. The van der Waals surface area contributed by atoms with Gasteiger partial charge < -0.3 is 26.4 Å². The minimum atomic E-state index is -1.03. The molecule has 0 bridgehead atoms. The van der Waals surface area contributed by atoms with Crippen LogP contribution in [0.4, 0.5) is 0 Å². The van der Waals surface area contributed by atoms with Gasteiger partial charge in [-0.2, -0.15) is 0 Å². The van der Waals surface area contributed by atoms with Crippen molar-refractivity contribution >= 4 is 11.9 Å². The lowest BCUT2D eigenvalue weighted by Crippen LogP contribution is -2.18. The molecule has 0 heterocycles. The largest absolute Gasteiger partial charge is 0.496 e. The van der Waals surface area contributed by atoms with Crippen LogP contribution in [-0.4, -0.2) is 29.3 Å². The lowest BCUT2D eigenvalue weighted by Gasteiger charge is -2.17. The van der Waals surface area contributed by atoms with Crippen LogP contribution in [0.5, 0.6) is 5.75 Å². The highest BCUT2D eigenvalue weighted by Gasteiger charge is 2.18. The maximum absolute atomic E-state index is 10.7.